The van der Waals surface area contributed by atoms with Gasteiger partial charge in [0, 0.05) is 12.1 Å². The van der Waals surface area contributed by atoms with Gasteiger partial charge in [0.2, 0.25) is 0 Å². The minimum atomic E-state index is 0.581. The van der Waals surface area contributed by atoms with Crippen molar-refractivity contribution in [3.05, 3.63) is 0 Å². The van der Waals surface area contributed by atoms with E-state index in [4.69, 9.17) is 0 Å². The second-order valence-electron chi connectivity index (χ2n) is 6.83. The van der Waals surface area contributed by atoms with Crippen molar-refractivity contribution in [2.24, 2.45) is 5.41 Å². The van der Waals surface area contributed by atoms with Gasteiger partial charge < -0.3 is 10.2 Å². The van der Waals surface area contributed by atoms with Crippen molar-refractivity contribution >= 4 is 0 Å². The van der Waals surface area contributed by atoms with Crippen molar-refractivity contribution in [2.45, 2.75) is 71.4 Å². The van der Waals surface area contributed by atoms with E-state index in [-0.39, 0.29) is 0 Å². The number of nitrogens with zero attached hydrogens (tertiary/aromatic N) is 1. The Balaban J connectivity index is 1.76. The summed E-state index contributed by atoms with van der Waals surface area (Å²) in [7, 11) is 0. The SMILES string of the molecule is CCN1CCCC(NC2CCC(C)(C)C2)CC1. The molecule has 0 amide bonds. The van der Waals surface area contributed by atoms with Crippen molar-refractivity contribution in [1.29, 1.82) is 0 Å². The van der Waals surface area contributed by atoms with E-state index in [9.17, 15) is 0 Å². The summed E-state index contributed by atoms with van der Waals surface area (Å²) in [4.78, 5) is 2.60. The van der Waals surface area contributed by atoms with E-state index in [1.54, 1.807) is 0 Å². The van der Waals surface area contributed by atoms with Crippen molar-refractivity contribution in [3.63, 3.8) is 0 Å². The first kappa shape index (κ1) is 13.4. The predicted octanol–water partition coefficient (Wildman–Crippen LogP) is 3.03. The molecule has 2 atom stereocenters. The molecule has 1 heterocycles. The molecule has 0 spiro atoms. The molecule has 0 aromatic heterocycles. The summed E-state index contributed by atoms with van der Waals surface area (Å²) in [5.41, 5.74) is 0.581. The lowest BCUT2D eigenvalue weighted by atomic mass is 9.91. The summed E-state index contributed by atoms with van der Waals surface area (Å²) < 4.78 is 0. The Bertz CT molecular complexity index is 237. The van der Waals surface area contributed by atoms with Crippen LogP contribution in [0.1, 0.15) is 59.3 Å². The summed E-state index contributed by atoms with van der Waals surface area (Å²) in [6.45, 7) is 11.0. The normalized spacial score (nSPS) is 34.8. The molecular formula is C15H30N2. The lowest BCUT2D eigenvalue weighted by molar-refractivity contribution is 0.293. The Kier molecular flexibility index (Phi) is 4.48. The predicted molar refractivity (Wildman–Crippen MR) is 74.3 cm³/mol. The van der Waals surface area contributed by atoms with Gasteiger partial charge in [-0.3, -0.25) is 0 Å². The first-order valence-electron chi connectivity index (χ1n) is 7.57. The summed E-state index contributed by atoms with van der Waals surface area (Å²) in [6, 6.07) is 1.58. The molecule has 100 valence electrons. The molecule has 1 aliphatic carbocycles. The molecule has 2 rings (SSSR count). The topological polar surface area (TPSA) is 15.3 Å². The summed E-state index contributed by atoms with van der Waals surface area (Å²) in [5.74, 6) is 0. The third-order valence-corrected chi connectivity index (χ3v) is 4.71. The number of likely N-dealkylation sites (tertiary alicyclic amines) is 1. The van der Waals surface area contributed by atoms with E-state index in [1.807, 2.05) is 0 Å². The fourth-order valence-electron chi connectivity index (χ4n) is 3.55. The molecule has 1 saturated carbocycles. The van der Waals surface area contributed by atoms with Crippen LogP contribution in [-0.4, -0.2) is 36.6 Å². The molecule has 0 aromatic carbocycles. The van der Waals surface area contributed by atoms with E-state index in [0.717, 1.165) is 12.1 Å². The molecule has 2 aliphatic rings. The van der Waals surface area contributed by atoms with E-state index in [2.05, 4.69) is 31.0 Å². The van der Waals surface area contributed by atoms with Gasteiger partial charge in [0.1, 0.15) is 0 Å². The largest absolute Gasteiger partial charge is 0.311 e. The van der Waals surface area contributed by atoms with Crippen LogP contribution in [0.2, 0.25) is 0 Å². The molecule has 0 aromatic rings. The molecule has 0 radical (unpaired) electrons. The molecule has 17 heavy (non-hydrogen) atoms. The van der Waals surface area contributed by atoms with Crippen molar-refractivity contribution in [1.82, 2.24) is 10.2 Å². The molecule has 2 unspecified atom stereocenters. The Morgan fingerprint density at radius 1 is 1.12 bits per heavy atom. The number of nitrogens with one attached hydrogen (secondary N) is 1. The van der Waals surface area contributed by atoms with E-state index in [0.29, 0.717) is 5.41 Å². The van der Waals surface area contributed by atoms with Crippen LogP contribution >= 0.6 is 0 Å². The van der Waals surface area contributed by atoms with Gasteiger partial charge in [-0.25, -0.2) is 0 Å². The van der Waals surface area contributed by atoms with Crippen LogP contribution in [0.25, 0.3) is 0 Å². The molecule has 0 bridgehead atoms. The maximum absolute atomic E-state index is 3.93. The highest BCUT2D eigenvalue weighted by Gasteiger charge is 2.32. The number of rotatable bonds is 3. The second-order valence-corrected chi connectivity index (χ2v) is 6.83. The van der Waals surface area contributed by atoms with Crippen LogP contribution in [0.4, 0.5) is 0 Å². The molecule has 2 fully saturated rings. The smallest absolute Gasteiger partial charge is 0.00823 e. The zero-order chi connectivity index (χ0) is 12.3. The van der Waals surface area contributed by atoms with Gasteiger partial charge in [0.25, 0.3) is 0 Å². The minimum Gasteiger partial charge on any atom is -0.311 e. The lowest BCUT2D eigenvalue weighted by Gasteiger charge is -2.23. The Hall–Kier alpha value is -0.0800. The molecule has 1 N–H and O–H groups in total. The highest BCUT2D eigenvalue weighted by atomic mass is 15.1. The lowest BCUT2D eigenvalue weighted by Crippen LogP contribution is -2.38. The zero-order valence-corrected chi connectivity index (χ0v) is 12.0. The highest BCUT2D eigenvalue weighted by Crippen LogP contribution is 2.37. The third-order valence-electron chi connectivity index (χ3n) is 4.71. The average molecular weight is 238 g/mol. The summed E-state index contributed by atoms with van der Waals surface area (Å²) >= 11 is 0. The molecule has 2 heteroatoms. The van der Waals surface area contributed by atoms with Gasteiger partial charge in [-0.2, -0.15) is 0 Å². The Labute approximate surface area is 107 Å². The van der Waals surface area contributed by atoms with Gasteiger partial charge in [0.05, 0.1) is 0 Å². The van der Waals surface area contributed by atoms with E-state index < -0.39 is 0 Å². The molecule has 1 saturated heterocycles. The zero-order valence-electron chi connectivity index (χ0n) is 12.0. The minimum absolute atomic E-state index is 0.581. The third kappa shape index (κ3) is 3.96. The van der Waals surface area contributed by atoms with Crippen LogP contribution in [0.15, 0.2) is 0 Å². The standard InChI is InChI=1S/C15H30N2/c1-4-17-10-5-6-13(8-11-17)16-14-7-9-15(2,3)12-14/h13-14,16H,4-12H2,1-3H3. The van der Waals surface area contributed by atoms with Crippen LogP contribution in [0, 0.1) is 5.41 Å². The fraction of sp³-hybridized carbons (Fsp3) is 1.00. The first-order valence-corrected chi connectivity index (χ1v) is 7.57. The monoisotopic (exact) mass is 238 g/mol. The quantitative estimate of drug-likeness (QED) is 0.813. The molecule has 1 aliphatic heterocycles. The number of hydrogen-bond acceptors (Lipinski definition) is 2. The summed E-state index contributed by atoms with van der Waals surface area (Å²) in [5, 5.41) is 3.93. The van der Waals surface area contributed by atoms with Gasteiger partial charge in [-0.1, -0.05) is 20.8 Å². The second kappa shape index (κ2) is 5.71. The Morgan fingerprint density at radius 3 is 2.59 bits per heavy atom. The van der Waals surface area contributed by atoms with E-state index in [1.165, 1.54) is 58.2 Å². The maximum atomic E-state index is 3.93. The fourth-order valence-corrected chi connectivity index (χ4v) is 3.55. The van der Waals surface area contributed by atoms with Crippen molar-refractivity contribution in [2.75, 3.05) is 19.6 Å². The molecule has 2 nitrogen and oxygen atoms in total. The first-order chi connectivity index (χ1) is 8.09. The van der Waals surface area contributed by atoms with Gasteiger partial charge in [-0.05, 0) is 63.6 Å². The van der Waals surface area contributed by atoms with E-state index >= 15 is 0 Å². The van der Waals surface area contributed by atoms with Gasteiger partial charge >= 0.3 is 0 Å². The van der Waals surface area contributed by atoms with Crippen molar-refractivity contribution < 1.29 is 0 Å². The highest BCUT2D eigenvalue weighted by molar-refractivity contribution is 4.89. The summed E-state index contributed by atoms with van der Waals surface area (Å²) in [6.07, 6.45) is 8.28. The van der Waals surface area contributed by atoms with Gasteiger partial charge in [0.15, 0.2) is 0 Å². The van der Waals surface area contributed by atoms with Gasteiger partial charge in [-0.15, -0.1) is 0 Å². The average Bonchev–Trinajstić information content (AvgIpc) is 2.51. The van der Waals surface area contributed by atoms with Crippen molar-refractivity contribution in [3.8, 4) is 0 Å². The number of hydrogen-bond donors (Lipinski definition) is 1. The van der Waals surface area contributed by atoms with Crippen LogP contribution in [-0.2, 0) is 0 Å². The molecular weight excluding hydrogens is 208 g/mol. The van der Waals surface area contributed by atoms with Crippen LogP contribution < -0.4 is 5.32 Å². The Morgan fingerprint density at radius 2 is 1.94 bits per heavy atom. The maximum Gasteiger partial charge on any atom is 0.00823 e. The van der Waals surface area contributed by atoms with Crippen LogP contribution in [0.5, 0.6) is 0 Å². The van der Waals surface area contributed by atoms with Crippen LogP contribution in [0.3, 0.4) is 0 Å².